The number of nitrogens with zero attached hydrogens (tertiary/aromatic N) is 2. The zero-order valence-corrected chi connectivity index (χ0v) is 12.3. The molecule has 2 rings (SSSR count). The van der Waals surface area contributed by atoms with Gasteiger partial charge in [-0.2, -0.15) is 0 Å². The van der Waals surface area contributed by atoms with Crippen LogP contribution in [0, 0.1) is 6.92 Å². The Morgan fingerprint density at radius 2 is 2.20 bits per heavy atom. The summed E-state index contributed by atoms with van der Waals surface area (Å²) in [5, 5.41) is 12.7. The van der Waals surface area contributed by atoms with Crippen LogP contribution in [0.15, 0.2) is 35.6 Å². The molecule has 2 aromatic rings. The number of hydrogen-bond acceptors (Lipinski definition) is 4. The number of para-hydroxylation sites is 1. The molecule has 0 aliphatic carbocycles. The molecule has 0 radical (unpaired) electrons. The number of imidazole rings is 1. The highest BCUT2D eigenvalue weighted by molar-refractivity contribution is 7.99. The Hall–Kier alpha value is -1.79. The molecule has 0 saturated carbocycles. The zero-order chi connectivity index (χ0) is 14.5. The molecule has 0 bridgehead atoms. The quantitative estimate of drug-likeness (QED) is 0.826. The number of aromatic nitrogens is 2. The Morgan fingerprint density at radius 1 is 1.45 bits per heavy atom. The lowest BCUT2D eigenvalue weighted by Crippen LogP contribution is -2.15. The van der Waals surface area contributed by atoms with Crippen LogP contribution in [-0.2, 0) is 18.4 Å². The van der Waals surface area contributed by atoms with Gasteiger partial charge in [0.1, 0.15) is 0 Å². The van der Waals surface area contributed by atoms with Gasteiger partial charge in [-0.15, -0.1) is 0 Å². The molecule has 0 fully saturated rings. The van der Waals surface area contributed by atoms with Gasteiger partial charge >= 0.3 is 0 Å². The summed E-state index contributed by atoms with van der Waals surface area (Å²) in [4.78, 5) is 16.1. The van der Waals surface area contributed by atoms with E-state index in [4.69, 9.17) is 5.11 Å². The lowest BCUT2D eigenvalue weighted by atomic mass is 10.2. The third kappa shape index (κ3) is 3.40. The maximum atomic E-state index is 11.9. The molecule has 20 heavy (non-hydrogen) atoms. The van der Waals surface area contributed by atoms with E-state index >= 15 is 0 Å². The van der Waals surface area contributed by atoms with Crippen LogP contribution in [0.3, 0.4) is 0 Å². The minimum Gasteiger partial charge on any atom is -0.390 e. The van der Waals surface area contributed by atoms with Gasteiger partial charge in [0.25, 0.3) is 0 Å². The SMILES string of the molecule is Cc1ccccc1NC(=O)CSc1ncc(CO)n1C. The minimum absolute atomic E-state index is 0.0561. The number of carbonyl (C=O) groups excluding carboxylic acids is 1. The van der Waals surface area contributed by atoms with Gasteiger partial charge in [0.15, 0.2) is 5.16 Å². The Labute approximate surface area is 122 Å². The van der Waals surface area contributed by atoms with Crippen LogP contribution in [0.5, 0.6) is 0 Å². The molecule has 0 saturated heterocycles. The van der Waals surface area contributed by atoms with E-state index in [1.165, 1.54) is 11.8 Å². The number of carbonyl (C=O) groups is 1. The molecular weight excluding hydrogens is 274 g/mol. The summed E-state index contributed by atoms with van der Waals surface area (Å²) in [7, 11) is 1.82. The van der Waals surface area contributed by atoms with E-state index in [-0.39, 0.29) is 18.3 Å². The van der Waals surface area contributed by atoms with E-state index in [1.54, 1.807) is 10.8 Å². The Kier molecular flexibility index (Phi) is 4.81. The molecule has 0 atom stereocenters. The lowest BCUT2D eigenvalue weighted by molar-refractivity contribution is -0.113. The third-order valence-corrected chi connectivity index (χ3v) is 4.00. The van der Waals surface area contributed by atoms with Gasteiger partial charge in [0.05, 0.1) is 24.3 Å². The summed E-state index contributed by atoms with van der Waals surface area (Å²) in [6.07, 6.45) is 1.61. The number of aryl methyl sites for hydroxylation is 1. The predicted molar refractivity (Wildman–Crippen MR) is 79.7 cm³/mol. The van der Waals surface area contributed by atoms with Gasteiger partial charge in [-0.3, -0.25) is 4.79 Å². The molecule has 1 heterocycles. The van der Waals surface area contributed by atoms with Gasteiger partial charge in [0.2, 0.25) is 5.91 Å². The maximum Gasteiger partial charge on any atom is 0.234 e. The molecule has 5 nitrogen and oxygen atoms in total. The molecular formula is C14H17N3O2S. The van der Waals surface area contributed by atoms with Crippen LogP contribution in [0.2, 0.25) is 0 Å². The van der Waals surface area contributed by atoms with Crippen molar-refractivity contribution in [1.82, 2.24) is 9.55 Å². The first-order valence-electron chi connectivity index (χ1n) is 6.21. The number of thioether (sulfide) groups is 1. The first-order valence-corrected chi connectivity index (χ1v) is 7.20. The second-order valence-corrected chi connectivity index (χ2v) is 5.34. The van der Waals surface area contributed by atoms with Crippen molar-refractivity contribution in [3.05, 3.63) is 41.7 Å². The van der Waals surface area contributed by atoms with Crippen molar-refractivity contribution in [2.45, 2.75) is 18.7 Å². The number of rotatable bonds is 5. The third-order valence-electron chi connectivity index (χ3n) is 2.96. The molecule has 1 aromatic heterocycles. The van der Waals surface area contributed by atoms with Crippen molar-refractivity contribution < 1.29 is 9.90 Å². The van der Waals surface area contributed by atoms with Crippen LogP contribution >= 0.6 is 11.8 Å². The van der Waals surface area contributed by atoms with Crippen LogP contribution in [0.25, 0.3) is 0 Å². The Morgan fingerprint density at radius 3 is 2.85 bits per heavy atom. The smallest absolute Gasteiger partial charge is 0.234 e. The van der Waals surface area contributed by atoms with Gasteiger partial charge in [0, 0.05) is 12.7 Å². The highest BCUT2D eigenvalue weighted by Crippen LogP contribution is 2.18. The molecule has 0 unspecified atom stereocenters. The Bertz CT molecular complexity index is 610. The fourth-order valence-corrected chi connectivity index (χ4v) is 2.51. The van der Waals surface area contributed by atoms with E-state index in [9.17, 15) is 4.79 Å². The average Bonchev–Trinajstić information content (AvgIpc) is 2.79. The predicted octanol–water partition coefficient (Wildman–Crippen LogP) is 1.95. The van der Waals surface area contributed by atoms with Crippen molar-refractivity contribution in [1.29, 1.82) is 0 Å². The molecule has 106 valence electrons. The molecule has 6 heteroatoms. The first kappa shape index (κ1) is 14.6. The summed E-state index contributed by atoms with van der Waals surface area (Å²) in [5.41, 5.74) is 2.59. The highest BCUT2D eigenvalue weighted by Gasteiger charge is 2.10. The number of hydrogen-bond donors (Lipinski definition) is 2. The summed E-state index contributed by atoms with van der Waals surface area (Å²) >= 11 is 1.35. The number of benzene rings is 1. The first-order chi connectivity index (χ1) is 9.61. The van der Waals surface area contributed by atoms with E-state index in [0.29, 0.717) is 5.16 Å². The van der Waals surface area contributed by atoms with Gasteiger partial charge in [-0.25, -0.2) is 4.98 Å². The largest absolute Gasteiger partial charge is 0.390 e. The summed E-state index contributed by atoms with van der Waals surface area (Å²) in [6, 6.07) is 7.66. The standard InChI is InChI=1S/C14H17N3O2S/c1-10-5-3-4-6-12(10)16-13(19)9-20-14-15-7-11(8-18)17(14)2/h3-7,18H,8-9H2,1-2H3,(H,16,19). The molecule has 0 spiro atoms. The summed E-state index contributed by atoms with van der Waals surface area (Å²) in [6.45, 7) is 1.90. The highest BCUT2D eigenvalue weighted by atomic mass is 32.2. The molecule has 2 N–H and O–H groups in total. The number of aliphatic hydroxyl groups excluding tert-OH is 1. The molecule has 0 aliphatic heterocycles. The van der Waals surface area contributed by atoms with Crippen molar-refractivity contribution in [3.8, 4) is 0 Å². The lowest BCUT2D eigenvalue weighted by Gasteiger charge is -2.08. The van der Waals surface area contributed by atoms with Gasteiger partial charge < -0.3 is 15.0 Å². The van der Waals surface area contributed by atoms with Crippen LogP contribution < -0.4 is 5.32 Å². The molecule has 1 amide bonds. The average molecular weight is 291 g/mol. The maximum absolute atomic E-state index is 11.9. The summed E-state index contributed by atoms with van der Waals surface area (Å²) in [5.74, 6) is 0.210. The second kappa shape index (κ2) is 6.58. The number of nitrogens with one attached hydrogen (secondary N) is 1. The molecule has 0 aliphatic rings. The summed E-state index contributed by atoms with van der Waals surface area (Å²) < 4.78 is 1.78. The van der Waals surface area contributed by atoms with E-state index in [0.717, 1.165) is 16.9 Å². The normalized spacial score (nSPS) is 10.6. The van der Waals surface area contributed by atoms with E-state index in [1.807, 2.05) is 38.2 Å². The fourth-order valence-electron chi connectivity index (χ4n) is 1.74. The van der Waals surface area contributed by atoms with Gasteiger partial charge in [-0.1, -0.05) is 30.0 Å². The second-order valence-electron chi connectivity index (χ2n) is 4.40. The number of anilines is 1. The topological polar surface area (TPSA) is 67.2 Å². The Balaban J connectivity index is 1.92. The fraction of sp³-hybridized carbons (Fsp3) is 0.286. The van der Waals surface area contributed by atoms with Crippen molar-refractivity contribution in [3.63, 3.8) is 0 Å². The van der Waals surface area contributed by atoms with Crippen molar-refractivity contribution in [2.24, 2.45) is 7.05 Å². The zero-order valence-electron chi connectivity index (χ0n) is 11.5. The van der Waals surface area contributed by atoms with Crippen molar-refractivity contribution in [2.75, 3.05) is 11.1 Å². The monoisotopic (exact) mass is 291 g/mol. The van der Waals surface area contributed by atoms with E-state index in [2.05, 4.69) is 10.3 Å². The number of aliphatic hydroxyl groups is 1. The van der Waals surface area contributed by atoms with Gasteiger partial charge in [-0.05, 0) is 18.6 Å². The van der Waals surface area contributed by atoms with Crippen LogP contribution in [-0.4, -0.2) is 26.3 Å². The molecule has 1 aromatic carbocycles. The van der Waals surface area contributed by atoms with Crippen LogP contribution in [0.4, 0.5) is 5.69 Å². The van der Waals surface area contributed by atoms with E-state index < -0.39 is 0 Å². The van der Waals surface area contributed by atoms with Crippen molar-refractivity contribution >= 4 is 23.4 Å². The number of amides is 1. The van der Waals surface area contributed by atoms with Crippen LogP contribution in [0.1, 0.15) is 11.3 Å². The minimum atomic E-state index is -0.0714.